The first-order valence-electron chi connectivity index (χ1n) is 7.07. The SMILES string of the molecule is CC(C)(C)c1nc(-c2nc(-c3ccc(CN)cc3)no2)cs1. The average Bonchev–Trinajstić information content (AvgIpc) is 3.15. The highest BCUT2D eigenvalue weighted by molar-refractivity contribution is 7.10. The number of rotatable bonds is 3. The van der Waals surface area contributed by atoms with Gasteiger partial charge in [0, 0.05) is 22.9 Å². The summed E-state index contributed by atoms with van der Waals surface area (Å²) in [6, 6.07) is 7.81. The topological polar surface area (TPSA) is 77.8 Å². The molecule has 0 saturated heterocycles. The van der Waals surface area contributed by atoms with E-state index in [2.05, 4.69) is 35.9 Å². The summed E-state index contributed by atoms with van der Waals surface area (Å²) in [4.78, 5) is 9.03. The van der Waals surface area contributed by atoms with Gasteiger partial charge in [0.2, 0.25) is 5.82 Å². The number of thiazole rings is 1. The quantitative estimate of drug-likeness (QED) is 0.799. The van der Waals surface area contributed by atoms with Crippen molar-refractivity contribution in [3.63, 3.8) is 0 Å². The molecule has 0 bridgehead atoms. The fraction of sp³-hybridized carbons (Fsp3) is 0.312. The van der Waals surface area contributed by atoms with Crippen LogP contribution in [0.5, 0.6) is 0 Å². The standard InChI is InChI=1S/C16H18N4OS/c1-16(2,3)15-18-12(9-22-15)14-19-13(20-21-14)11-6-4-10(8-17)5-7-11/h4-7,9H,8,17H2,1-3H3. The van der Waals surface area contributed by atoms with Crippen LogP contribution in [0.25, 0.3) is 23.0 Å². The molecule has 3 rings (SSSR count). The predicted octanol–water partition coefficient (Wildman–Crippen LogP) is 3.62. The van der Waals surface area contributed by atoms with Gasteiger partial charge in [0.05, 0.1) is 5.01 Å². The molecule has 114 valence electrons. The minimum Gasteiger partial charge on any atom is -0.332 e. The van der Waals surface area contributed by atoms with Gasteiger partial charge in [0.25, 0.3) is 5.89 Å². The van der Waals surface area contributed by atoms with Crippen molar-refractivity contribution in [1.29, 1.82) is 0 Å². The van der Waals surface area contributed by atoms with Crippen LogP contribution in [-0.2, 0) is 12.0 Å². The van der Waals surface area contributed by atoms with Crippen molar-refractivity contribution in [1.82, 2.24) is 15.1 Å². The van der Waals surface area contributed by atoms with E-state index in [4.69, 9.17) is 10.3 Å². The molecule has 0 unspecified atom stereocenters. The fourth-order valence-corrected chi connectivity index (χ4v) is 2.83. The maximum atomic E-state index is 5.60. The highest BCUT2D eigenvalue weighted by atomic mass is 32.1. The van der Waals surface area contributed by atoms with E-state index < -0.39 is 0 Å². The molecule has 1 aromatic carbocycles. The summed E-state index contributed by atoms with van der Waals surface area (Å²) >= 11 is 1.61. The molecule has 22 heavy (non-hydrogen) atoms. The molecule has 2 aromatic heterocycles. The maximum Gasteiger partial charge on any atom is 0.277 e. The summed E-state index contributed by atoms with van der Waals surface area (Å²) in [6.45, 7) is 6.92. The third kappa shape index (κ3) is 2.93. The van der Waals surface area contributed by atoms with Crippen LogP contribution in [0.3, 0.4) is 0 Å². The van der Waals surface area contributed by atoms with Gasteiger partial charge in [-0.05, 0) is 5.56 Å². The summed E-state index contributed by atoms with van der Waals surface area (Å²) < 4.78 is 5.35. The lowest BCUT2D eigenvalue weighted by Crippen LogP contribution is -2.10. The Labute approximate surface area is 133 Å². The Hall–Kier alpha value is -2.05. The van der Waals surface area contributed by atoms with Gasteiger partial charge in [-0.15, -0.1) is 11.3 Å². The third-order valence-electron chi connectivity index (χ3n) is 3.24. The van der Waals surface area contributed by atoms with Crippen LogP contribution < -0.4 is 5.73 Å². The van der Waals surface area contributed by atoms with Gasteiger partial charge in [-0.25, -0.2) is 4.98 Å². The number of aromatic nitrogens is 3. The Morgan fingerprint density at radius 2 is 1.86 bits per heavy atom. The second-order valence-electron chi connectivity index (χ2n) is 6.11. The summed E-state index contributed by atoms with van der Waals surface area (Å²) in [6.07, 6.45) is 0. The van der Waals surface area contributed by atoms with E-state index in [1.807, 2.05) is 29.6 Å². The molecule has 0 atom stereocenters. The minimum atomic E-state index is 0.0177. The molecule has 2 heterocycles. The van der Waals surface area contributed by atoms with E-state index >= 15 is 0 Å². The molecule has 0 amide bonds. The number of nitrogens with zero attached hydrogens (tertiary/aromatic N) is 3. The van der Waals surface area contributed by atoms with E-state index in [1.165, 1.54) is 0 Å². The zero-order chi connectivity index (χ0) is 15.7. The summed E-state index contributed by atoms with van der Waals surface area (Å²) in [5, 5.41) is 7.04. The number of hydrogen-bond acceptors (Lipinski definition) is 6. The molecule has 0 aliphatic rings. The number of nitrogens with two attached hydrogens (primary N) is 1. The van der Waals surface area contributed by atoms with Crippen molar-refractivity contribution < 1.29 is 4.52 Å². The van der Waals surface area contributed by atoms with Crippen LogP contribution in [0.2, 0.25) is 0 Å². The molecule has 3 aromatic rings. The summed E-state index contributed by atoms with van der Waals surface area (Å²) in [5.74, 6) is 1.01. The molecule has 6 heteroatoms. The van der Waals surface area contributed by atoms with Gasteiger partial charge in [0.1, 0.15) is 5.69 Å². The molecular formula is C16H18N4OS. The predicted molar refractivity (Wildman–Crippen MR) is 87.4 cm³/mol. The highest BCUT2D eigenvalue weighted by Crippen LogP contribution is 2.30. The van der Waals surface area contributed by atoms with Crippen molar-refractivity contribution in [3.8, 4) is 23.0 Å². The van der Waals surface area contributed by atoms with Gasteiger partial charge in [-0.3, -0.25) is 0 Å². The van der Waals surface area contributed by atoms with Crippen molar-refractivity contribution in [2.24, 2.45) is 5.73 Å². The van der Waals surface area contributed by atoms with E-state index in [-0.39, 0.29) is 5.41 Å². The molecule has 0 fully saturated rings. The molecular weight excluding hydrogens is 296 g/mol. The zero-order valence-corrected chi connectivity index (χ0v) is 13.6. The van der Waals surface area contributed by atoms with Crippen molar-refractivity contribution in [2.75, 3.05) is 0 Å². The molecule has 0 spiro atoms. The Kier molecular flexibility index (Phi) is 3.80. The van der Waals surface area contributed by atoms with Crippen LogP contribution in [0.1, 0.15) is 31.3 Å². The minimum absolute atomic E-state index is 0.0177. The second-order valence-corrected chi connectivity index (χ2v) is 6.97. The monoisotopic (exact) mass is 314 g/mol. The highest BCUT2D eigenvalue weighted by Gasteiger charge is 2.20. The smallest absolute Gasteiger partial charge is 0.277 e. The van der Waals surface area contributed by atoms with Crippen molar-refractivity contribution >= 4 is 11.3 Å². The van der Waals surface area contributed by atoms with Crippen molar-refractivity contribution in [3.05, 3.63) is 40.2 Å². The van der Waals surface area contributed by atoms with Gasteiger partial charge >= 0.3 is 0 Å². The van der Waals surface area contributed by atoms with E-state index in [0.717, 1.165) is 21.8 Å². The number of hydrogen-bond donors (Lipinski definition) is 1. The zero-order valence-electron chi connectivity index (χ0n) is 12.8. The second kappa shape index (κ2) is 5.62. The molecule has 5 nitrogen and oxygen atoms in total. The molecule has 0 saturated carbocycles. The Bertz CT molecular complexity index is 768. The van der Waals surface area contributed by atoms with Gasteiger partial charge in [0.15, 0.2) is 0 Å². The van der Waals surface area contributed by atoms with Crippen molar-refractivity contribution in [2.45, 2.75) is 32.7 Å². The lowest BCUT2D eigenvalue weighted by molar-refractivity contribution is 0.431. The normalized spacial score (nSPS) is 11.8. The van der Waals surface area contributed by atoms with E-state index in [9.17, 15) is 0 Å². The summed E-state index contributed by atoms with van der Waals surface area (Å²) in [7, 11) is 0. The van der Waals surface area contributed by atoms with Crippen LogP contribution in [0, 0.1) is 0 Å². The van der Waals surface area contributed by atoms with Crippen LogP contribution in [-0.4, -0.2) is 15.1 Å². The Balaban J connectivity index is 1.88. The maximum absolute atomic E-state index is 5.60. The molecule has 0 aliphatic carbocycles. The lowest BCUT2D eigenvalue weighted by atomic mass is 9.98. The molecule has 2 N–H and O–H groups in total. The Morgan fingerprint density at radius 1 is 1.14 bits per heavy atom. The first-order valence-corrected chi connectivity index (χ1v) is 7.95. The fourth-order valence-electron chi connectivity index (χ4n) is 1.95. The first kappa shape index (κ1) is 14.9. The molecule has 0 radical (unpaired) electrons. The lowest BCUT2D eigenvalue weighted by Gasteiger charge is -2.13. The average molecular weight is 314 g/mol. The first-order chi connectivity index (χ1) is 10.5. The van der Waals surface area contributed by atoms with E-state index in [0.29, 0.717) is 18.3 Å². The van der Waals surface area contributed by atoms with Crippen LogP contribution in [0.15, 0.2) is 34.2 Å². The summed E-state index contributed by atoms with van der Waals surface area (Å²) in [5.41, 5.74) is 8.32. The Morgan fingerprint density at radius 3 is 2.45 bits per heavy atom. The van der Waals surface area contributed by atoms with Gasteiger partial charge < -0.3 is 10.3 Å². The number of benzene rings is 1. The van der Waals surface area contributed by atoms with Gasteiger partial charge in [-0.1, -0.05) is 50.2 Å². The van der Waals surface area contributed by atoms with Gasteiger partial charge in [-0.2, -0.15) is 4.98 Å². The third-order valence-corrected chi connectivity index (χ3v) is 4.51. The van der Waals surface area contributed by atoms with E-state index in [1.54, 1.807) is 11.3 Å². The largest absolute Gasteiger partial charge is 0.332 e. The van der Waals surface area contributed by atoms with Crippen LogP contribution in [0.4, 0.5) is 0 Å². The van der Waals surface area contributed by atoms with Crippen LogP contribution >= 0.6 is 11.3 Å². The molecule has 0 aliphatic heterocycles.